The number of ketones is 1. The molecule has 0 bridgehead atoms. The number of nitrogens with one attached hydrogen (secondary N) is 3. The maximum absolute atomic E-state index is 12.9. The van der Waals surface area contributed by atoms with E-state index in [1.54, 1.807) is 21.0 Å². The molecule has 1 aliphatic rings. The maximum Gasteiger partial charge on any atom is 0.407 e. The summed E-state index contributed by atoms with van der Waals surface area (Å²) in [6, 6.07) is -2.11. The van der Waals surface area contributed by atoms with Crippen LogP contribution in [0.3, 0.4) is 0 Å². The third kappa shape index (κ3) is 7.80. The lowest BCUT2D eigenvalue weighted by Crippen LogP contribution is -2.56. The minimum absolute atomic E-state index is 0.00284. The Morgan fingerprint density at radius 1 is 1.22 bits per heavy atom. The Morgan fingerprint density at radius 3 is 2.69 bits per heavy atom. The van der Waals surface area contributed by atoms with E-state index in [1.807, 2.05) is 0 Å². The van der Waals surface area contributed by atoms with Gasteiger partial charge in [0, 0.05) is 26.5 Å². The second-order valence-electron chi connectivity index (χ2n) is 7.39. The molecule has 3 amide bonds. The van der Waals surface area contributed by atoms with E-state index in [1.165, 1.54) is 11.5 Å². The molecule has 1 aromatic rings. The lowest BCUT2D eigenvalue weighted by atomic mass is 10.0. The van der Waals surface area contributed by atoms with Crippen molar-refractivity contribution in [3.8, 4) is 0 Å². The predicted molar refractivity (Wildman–Crippen MR) is 113 cm³/mol. The average Bonchev–Trinajstić information content (AvgIpc) is 3.20. The molecule has 0 aromatic carbocycles. The van der Waals surface area contributed by atoms with Gasteiger partial charge in [0.25, 0.3) is 5.91 Å². The maximum atomic E-state index is 12.9. The molecule has 0 saturated heterocycles. The van der Waals surface area contributed by atoms with Crippen LogP contribution in [0.15, 0.2) is 0 Å². The largest absolute Gasteiger partial charge is 0.447 e. The summed E-state index contributed by atoms with van der Waals surface area (Å²) in [6.45, 7) is 4.74. The van der Waals surface area contributed by atoms with Gasteiger partial charge in [-0.3, -0.25) is 14.4 Å². The van der Waals surface area contributed by atoms with E-state index in [-0.39, 0.29) is 32.1 Å². The van der Waals surface area contributed by atoms with Crippen LogP contribution in [-0.4, -0.2) is 85.4 Å². The first-order valence-electron chi connectivity index (χ1n) is 10.3. The molecular formula is C19H29N5O7S. The number of carbonyl (C=O) groups excluding carboxylic acids is 4. The van der Waals surface area contributed by atoms with Crippen LogP contribution in [0.5, 0.6) is 0 Å². The number of rotatable bonds is 10. The molecule has 0 fully saturated rings. The summed E-state index contributed by atoms with van der Waals surface area (Å²) in [6.07, 6.45) is -0.249. The molecule has 2 heterocycles. The van der Waals surface area contributed by atoms with E-state index in [2.05, 4.69) is 25.5 Å². The zero-order valence-electron chi connectivity index (χ0n) is 18.3. The normalized spacial score (nSPS) is 17.4. The number of Topliss-reactive ketones (excluding diaryl/α,β-unsaturated/α-hetero) is 1. The number of methoxy groups -OCH3 is 1. The quantitative estimate of drug-likeness (QED) is 0.294. The summed E-state index contributed by atoms with van der Waals surface area (Å²) in [5.41, 5.74) is 0.562. The van der Waals surface area contributed by atoms with Crippen molar-refractivity contribution in [2.24, 2.45) is 5.92 Å². The number of nitrogens with zero attached hydrogens (tertiary/aromatic N) is 2. The molecule has 0 spiro atoms. The van der Waals surface area contributed by atoms with E-state index in [0.29, 0.717) is 25.3 Å². The highest BCUT2D eigenvalue weighted by atomic mass is 32.1. The molecule has 0 aliphatic carbocycles. The Kier molecular flexibility index (Phi) is 10.4. The molecule has 1 aromatic heterocycles. The molecule has 178 valence electrons. The van der Waals surface area contributed by atoms with Crippen molar-refractivity contribution < 1.29 is 33.4 Å². The first-order chi connectivity index (χ1) is 15.3. The van der Waals surface area contributed by atoms with E-state index in [9.17, 15) is 19.2 Å². The van der Waals surface area contributed by atoms with Gasteiger partial charge in [0.1, 0.15) is 18.7 Å². The summed E-state index contributed by atoms with van der Waals surface area (Å²) in [5.74, 6) is -2.47. The third-order valence-corrected chi connectivity index (χ3v) is 5.46. The molecule has 1 aliphatic heterocycles. The van der Waals surface area contributed by atoms with E-state index in [0.717, 1.165) is 4.88 Å². The van der Waals surface area contributed by atoms with Gasteiger partial charge in [-0.2, -0.15) is 0 Å². The fourth-order valence-corrected chi connectivity index (χ4v) is 3.57. The molecule has 2 atom stereocenters. The number of aromatic nitrogens is 2. The van der Waals surface area contributed by atoms with Crippen molar-refractivity contribution in [3.05, 3.63) is 10.6 Å². The van der Waals surface area contributed by atoms with Crippen LogP contribution in [0.1, 0.15) is 24.4 Å². The van der Waals surface area contributed by atoms with Gasteiger partial charge in [0.15, 0.2) is 0 Å². The lowest BCUT2D eigenvalue weighted by molar-refractivity contribution is -0.140. The lowest BCUT2D eigenvalue weighted by Gasteiger charge is -2.24. The monoisotopic (exact) mass is 471 g/mol. The first-order valence-corrected chi connectivity index (χ1v) is 11.0. The van der Waals surface area contributed by atoms with E-state index < -0.39 is 35.8 Å². The van der Waals surface area contributed by atoms with Gasteiger partial charge in [0.05, 0.1) is 30.4 Å². The Morgan fingerprint density at radius 2 is 1.97 bits per heavy atom. The van der Waals surface area contributed by atoms with E-state index >= 15 is 0 Å². The number of carbonyl (C=O) groups is 4. The van der Waals surface area contributed by atoms with Gasteiger partial charge in [0.2, 0.25) is 11.7 Å². The predicted octanol–water partition coefficient (Wildman–Crippen LogP) is -0.779. The van der Waals surface area contributed by atoms with Crippen LogP contribution in [0, 0.1) is 5.92 Å². The van der Waals surface area contributed by atoms with Gasteiger partial charge in [-0.15, -0.1) is 5.10 Å². The van der Waals surface area contributed by atoms with Crippen LogP contribution < -0.4 is 16.0 Å². The Labute approximate surface area is 189 Å². The van der Waals surface area contributed by atoms with Gasteiger partial charge < -0.3 is 30.2 Å². The summed E-state index contributed by atoms with van der Waals surface area (Å²) < 4.78 is 19.0. The highest BCUT2D eigenvalue weighted by Crippen LogP contribution is 2.15. The first kappa shape index (κ1) is 25.6. The molecule has 2 unspecified atom stereocenters. The molecule has 2 rings (SSSR count). The SMILES string of the molecule is COCCOCCOC(=O)NC(C(=O)NC1Cc2nnsc2CCNC(=O)C1=O)C(C)C. The highest BCUT2D eigenvalue weighted by molar-refractivity contribution is 7.05. The van der Waals surface area contributed by atoms with Crippen molar-refractivity contribution in [1.29, 1.82) is 0 Å². The Hall–Kier alpha value is -2.64. The summed E-state index contributed by atoms with van der Waals surface area (Å²) in [4.78, 5) is 50.5. The number of ether oxygens (including phenoxy) is 3. The third-order valence-electron chi connectivity index (χ3n) is 4.64. The topological polar surface area (TPSA) is 158 Å². The molecule has 0 saturated carbocycles. The van der Waals surface area contributed by atoms with Crippen LogP contribution in [0.2, 0.25) is 0 Å². The minimum atomic E-state index is -1.13. The smallest absolute Gasteiger partial charge is 0.407 e. The van der Waals surface area contributed by atoms with Crippen molar-refractivity contribution in [2.75, 3.05) is 40.1 Å². The Bertz CT molecular complexity index is 801. The van der Waals surface area contributed by atoms with Gasteiger partial charge >= 0.3 is 6.09 Å². The number of fused-ring (bicyclic) bond motifs is 1. The van der Waals surface area contributed by atoms with Gasteiger partial charge in [-0.25, -0.2) is 4.79 Å². The fraction of sp³-hybridized carbons (Fsp3) is 0.684. The fourth-order valence-electron chi connectivity index (χ4n) is 2.91. The van der Waals surface area contributed by atoms with Crippen LogP contribution >= 0.6 is 11.5 Å². The second-order valence-corrected chi connectivity index (χ2v) is 8.22. The minimum Gasteiger partial charge on any atom is -0.447 e. The molecule has 0 radical (unpaired) electrons. The summed E-state index contributed by atoms with van der Waals surface area (Å²) in [5, 5.41) is 11.6. The summed E-state index contributed by atoms with van der Waals surface area (Å²) >= 11 is 1.19. The Balaban J connectivity index is 1.97. The summed E-state index contributed by atoms with van der Waals surface area (Å²) in [7, 11) is 1.55. The van der Waals surface area contributed by atoms with Gasteiger partial charge in [-0.1, -0.05) is 18.3 Å². The van der Waals surface area contributed by atoms with Crippen LogP contribution in [-0.2, 0) is 41.4 Å². The van der Waals surface area contributed by atoms with Crippen molar-refractivity contribution >= 4 is 35.2 Å². The molecule has 32 heavy (non-hydrogen) atoms. The number of hydrogen-bond acceptors (Lipinski definition) is 10. The van der Waals surface area contributed by atoms with Crippen LogP contribution in [0.25, 0.3) is 0 Å². The number of amides is 3. The molecule has 13 heteroatoms. The molecule has 12 nitrogen and oxygen atoms in total. The zero-order valence-corrected chi connectivity index (χ0v) is 19.2. The number of alkyl carbamates (subject to hydrolysis) is 1. The van der Waals surface area contributed by atoms with Gasteiger partial charge in [-0.05, 0) is 17.5 Å². The standard InChI is InChI=1S/C19H29N5O7S/c1-11(2)15(22-19(28)31-9-8-30-7-6-29-3)17(26)21-13-10-12-14(32-24-23-12)4-5-20-18(27)16(13)25/h11,13,15H,4-10H2,1-3H3,(H,20,27)(H,21,26)(H,22,28). The molecular weight excluding hydrogens is 442 g/mol. The second kappa shape index (κ2) is 13.0. The zero-order chi connectivity index (χ0) is 23.5. The van der Waals surface area contributed by atoms with Crippen molar-refractivity contribution in [2.45, 2.75) is 38.8 Å². The highest BCUT2D eigenvalue weighted by Gasteiger charge is 2.33. The average molecular weight is 472 g/mol. The van der Waals surface area contributed by atoms with E-state index in [4.69, 9.17) is 14.2 Å². The molecule has 3 N–H and O–H groups in total. The van der Waals surface area contributed by atoms with Crippen molar-refractivity contribution in [3.63, 3.8) is 0 Å². The van der Waals surface area contributed by atoms with Crippen molar-refractivity contribution in [1.82, 2.24) is 25.5 Å². The number of hydrogen-bond donors (Lipinski definition) is 3. The van der Waals surface area contributed by atoms with Crippen LogP contribution in [0.4, 0.5) is 4.79 Å².